The molecule has 1 aliphatic rings. The number of hydrogen-bond donors (Lipinski definition) is 1. The molecule has 2 nitrogen and oxygen atoms in total. The minimum atomic E-state index is 0.398. The van der Waals surface area contributed by atoms with Gasteiger partial charge in [0.2, 0.25) is 0 Å². The van der Waals surface area contributed by atoms with Gasteiger partial charge < -0.3 is 10.1 Å². The first-order valence-electron chi connectivity index (χ1n) is 6.85. The number of halogens is 1. The van der Waals surface area contributed by atoms with Crippen LogP contribution in [0.15, 0.2) is 15.9 Å². The molecule has 18 heavy (non-hydrogen) atoms. The Morgan fingerprint density at radius 3 is 2.89 bits per heavy atom. The van der Waals surface area contributed by atoms with Gasteiger partial charge in [0.1, 0.15) is 0 Å². The number of nitrogens with one attached hydrogen (secondary N) is 1. The summed E-state index contributed by atoms with van der Waals surface area (Å²) in [6.07, 6.45) is 7.11. The van der Waals surface area contributed by atoms with Crippen LogP contribution in [0.3, 0.4) is 0 Å². The fourth-order valence-electron chi connectivity index (χ4n) is 2.44. The van der Waals surface area contributed by atoms with Gasteiger partial charge in [-0.25, -0.2) is 0 Å². The largest absolute Gasteiger partial charge is 0.377 e. The molecule has 1 saturated carbocycles. The van der Waals surface area contributed by atoms with Crippen molar-refractivity contribution < 1.29 is 4.74 Å². The Hall–Kier alpha value is 0.100. The summed E-state index contributed by atoms with van der Waals surface area (Å²) in [6.45, 7) is 3.97. The molecule has 1 fully saturated rings. The van der Waals surface area contributed by atoms with E-state index in [1.165, 1.54) is 41.5 Å². The van der Waals surface area contributed by atoms with Crippen LogP contribution in [0.5, 0.6) is 0 Å². The van der Waals surface area contributed by atoms with E-state index in [0.29, 0.717) is 12.1 Å². The number of thiophene rings is 1. The summed E-state index contributed by atoms with van der Waals surface area (Å²) in [6, 6.07) is 2.51. The van der Waals surface area contributed by atoms with Gasteiger partial charge in [0.25, 0.3) is 0 Å². The second-order valence-corrected chi connectivity index (χ2v) is 6.74. The highest BCUT2D eigenvalue weighted by molar-refractivity contribution is 9.10. The van der Waals surface area contributed by atoms with Crippen molar-refractivity contribution in [2.45, 2.75) is 51.2 Å². The lowest BCUT2D eigenvalue weighted by Gasteiger charge is -2.22. The lowest BCUT2D eigenvalue weighted by atomic mass is 9.98. The average Bonchev–Trinajstić information content (AvgIpc) is 2.82. The highest BCUT2D eigenvalue weighted by Gasteiger charge is 2.14. The number of hydrogen-bond acceptors (Lipinski definition) is 3. The van der Waals surface area contributed by atoms with E-state index < -0.39 is 0 Å². The Bertz CT molecular complexity index is 349. The zero-order valence-corrected chi connectivity index (χ0v) is 13.4. The van der Waals surface area contributed by atoms with Crippen LogP contribution in [-0.2, 0) is 4.74 Å². The predicted octanol–water partition coefficient (Wildman–Crippen LogP) is 4.51. The van der Waals surface area contributed by atoms with Gasteiger partial charge in [-0.15, -0.1) is 11.3 Å². The molecule has 1 N–H and O–H groups in total. The molecule has 102 valence electrons. The first-order valence-corrected chi connectivity index (χ1v) is 8.52. The van der Waals surface area contributed by atoms with Gasteiger partial charge >= 0.3 is 0 Å². The van der Waals surface area contributed by atoms with Crippen molar-refractivity contribution >= 4 is 27.3 Å². The molecule has 0 saturated heterocycles. The molecule has 0 aliphatic heterocycles. The monoisotopic (exact) mass is 331 g/mol. The molecular formula is C14H22BrNOS. The molecule has 0 amide bonds. The Morgan fingerprint density at radius 2 is 2.22 bits per heavy atom. The summed E-state index contributed by atoms with van der Waals surface area (Å²) < 4.78 is 7.12. The van der Waals surface area contributed by atoms with Crippen molar-refractivity contribution in [1.29, 1.82) is 0 Å². The predicted molar refractivity (Wildman–Crippen MR) is 81.3 cm³/mol. The van der Waals surface area contributed by atoms with Crippen LogP contribution in [-0.4, -0.2) is 19.3 Å². The van der Waals surface area contributed by atoms with E-state index in [9.17, 15) is 0 Å². The lowest BCUT2D eigenvalue weighted by molar-refractivity contribution is 0.0295. The zero-order chi connectivity index (χ0) is 12.8. The molecule has 1 aromatic heterocycles. The van der Waals surface area contributed by atoms with Gasteiger partial charge in [-0.3, -0.25) is 0 Å². The quantitative estimate of drug-likeness (QED) is 0.774. The van der Waals surface area contributed by atoms with Gasteiger partial charge in [0.15, 0.2) is 0 Å². The Balaban J connectivity index is 1.61. The molecule has 0 spiro atoms. The van der Waals surface area contributed by atoms with E-state index in [2.05, 4.69) is 39.6 Å². The number of rotatable bonds is 6. The summed E-state index contributed by atoms with van der Waals surface area (Å²) in [5.41, 5.74) is 0. The van der Waals surface area contributed by atoms with E-state index in [-0.39, 0.29) is 0 Å². The Kier molecular flexibility index (Phi) is 6.15. The summed E-state index contributed by atoms with van der Waals surface area (Å²) in [5.74, 6) is 0. The van der Waals surface area contributed by atoms with Crippen molar-refractivity contribution in [1.82, 2.24) is 5.32 Å². The molecule has 0 radical (unpaired) electrons. The molecule has 1 heterocycles. The van der Waals surface area contributed by atoms with Crippen LogP contribution in [0.1, 0.15) is 49.9 Å². The van der Waals surface area contributed by atoms with Crippen LogP contribution in [0.4, 0.5) is 0 Å². The lowest BCUT2D eigenvalue weighted by Crippen LogP contribution is -2.26. The first kappa shape index (κ1) is 14.5. The second-order valence-electron chi connectivity index (χ2n) is 4.94. The van der Waals surface area contributed by atoms with Crippen LogP contribution in [0.25, 0.3) is 0 Å². The molecule has 2 rings (SSSR count). The Morgan fingerprint density at radius 1 is 1.44 bits per heavy atom. The minimum Gasteiger partial charge on any atom is -0.377 e. The molecule has 1 aliphatic carbocycles. The Labute approximate surface area is 122 Å². The van der Waals surface area contributed by atoms with E-state index in [1.54, 1.807) is 11.3 Å². The third-order valence-electron chi connectivity index (χ3n) is 3.50. The van der Waals surface area contributed by atoms with Crippen molar-refractivity contribution in [3.8, 4) is 0 Å². The zero-order valence-electron chi connectivity index (χ0n) is 11.0. The SMILES string of the molecule is CC(NCCOC1CCCCC1)c1sccc1Br. The van der Waals surface area contributed by atoms with Crippen molar-refractivity contribution in [3.63, 3.8) is 0 Å². The molecule has 0 bridgehead atoms. The normalized spacial score (nSPS) is 19.0. The highest BCUT2D eigenvalue weighted by atomic mass is 79.9. The molecule has 1 atom stereocenters. The van der Waals surface area contributed by atoms with Gasteiger partial charge in [0.05, 0.1) is 12.7 Å². The molecular weight excluding hydrogens is 310 g/mol. The fraction of sp³-hybridized carbons (Fsp3) is 0.714. The van der Waals surface area contributed by atoms with Gasteiger partial charge in [-0.05, 0) is 47.1 Å². The van der Waals surface area contributed by atoms with Gasteiger partial charge in [0, 0.05) is 21.9 Å². The smallest absolute Gasteiger partial charge is 0.0594 e. The standard InChI is InChI=1S/C14H22BrNOS/c1-11(14-13(15)7-10-18-14)16-8-9-17-12-5-3-2-4-6-12/h7,10-12,16H,2-6,8-9H2,1H3. The van der Waals surface area contributed by atoms with E-state index in [1.807, 2.05) is 0 Å². The van der Waals surface area contributed by atoms with Crippen LogP contribution >= 0.6 is 27.3 Å². The highest BCUT2D eigenvalue weighted by Crippen LogP contribution is 2.28. The van der Waals surface area contributed by atoms with Crippen molar-refractivity contribution in [2.75, 3.05) is 13.2 Å². The maximum absolute atomic E-state index is 5.91. The second kappa shape index (κ2) is 7.63. The summed E-state index contributed by atoms with van der Waals surface area (Å²) in [5, 5.41) is 5.64. The fourth-order valence-corrected chi connectivity index (χ4v) is 4.19. The molecule has 4 heteroatoms. The molecule has 1 aromatic rings. The average molecular weight is 332 g/mol. The molecule has 0 aromatic carbocycles. The van der Waals surface area contributed by atoms with Crippen molar-refractivity contribution in [2.24, 2.45) is 0 Å². The topological polar surface area (TPSA) is 21.3 Å². The van der Waals surface area contributed by atoms with Crippen molar-refractivity contribution in [3.05, 3.63) is 20.8 Å². The summed E-state index contributed by atoms with van der Waals surface area (Å²) in [7, 11) is 0. The third-order valence-corrected chi connectivity index (χ3v) is 5.55. The van der Waals surface area contributed by atoms with E-state index in [0.717, 1.165) is 13.2 Å². The van der Waals surface area contributed by atoms with E-state index in [4.69, 9.17) is 4.74 Å². The summed E-state index contributed by atoms with van der Waals surface area (Å²) >= 11 is 5.37. The van der Waals surface area contributed by atoms with Gasteiger partial charge in [-0.2, -0.15) is 0 Å². The van der Waals surface area contributed by atoms with Crippen LogP contribution in [0, 0.1) is 0 Å². The van der Waals surface area contributed by atoms with Crippen LogP contribution < -0.4 is 5.32 Å². The van der Waals surface area contributed by atoms with E-state index >= 15 is 0 Å². The van der Waals surface area contributed by atoms with Crippen LogP contribution in [0.2, 0.25) is 0 Å². The summed E-state index contributed by atoms with van der Waals surface area (Å²) in [4.78, 5) is 1.37. The maximum Gasteiger partial charge on any atom is 0.0594 e. The minimum absolute atomic E-state index is 0.398. The first-order chi connectivity index (χ1) is 8.77. The van der Waals surface area contributed by atoms with Gasteiger partial charge in [-0.1, -0.05) is 19.3 Å². The molecule has 1 unspecified atom stereocenters. The maximum atomic E-state index is 5.91. The third kappa shape index (κ3) is 4.34. The number of ether oxygens (including phenoxy) is 1.